The van der Waals surface area contributed by atoms with E-state index in [0.717, 1.165) is 19.4 Å². The summed E-state index contributed by atoms with van der Waals surface area (Å²) in [4.78, 5) is 27.2. The van der Waals surface area contributed by atoms with Crippen molar-refractivity contribution in [2.45, 2.75) is 44.2 Å². The highest BCUT2D eigenvalue weighted by Gasteiger charge is 2.26. The van der Waals surface area contributed by atoms with E-state index < -0.39 is 6.10 Å². The zero-order valence-corrected chi connectivity index (χ0v) is 14.8. The van der Waals surface area contributed by atoms with E-state index in [9.17, 15) is 9.59 Å². The Labute approximate surface area is 148 Å². The van der Waals surface area contributed by atoms with Crippen LogP contribution < -0.4 is 10.6 Å². The molecular formula is C19H27N3O3. The molecule has 1 saturated heterocycles. The molecule has 1 aromatic carbocycles. The van der Waals surface area contributed by atoms with Gasteiger partial charge < -0.3 is 20.3 Å². The number of nitrogens with zero attached hydrogens (tertiary/aromatic N) is 1. The Morgan fingerprint density at radius 1 is 1.20 bits per heavy atom. The second kappa shape index (κ2) is 8.45. The molecule has 2 aliphatic rings. The molecular weight excluding hydrogens is 318 g/mol. The van der Waals surface area contributed by atoms with Crippen molar-refractivity contribution in [2.75, 3.05) is 32.1 Å². The van der Waals surface area contributed by atoms with Gasteiger partial charge in [0.05, 0.1) is 17.9 Å². The molecule has 6 heteroatoms. The Morgan fingerprint density at radius 3 is 2.68 bits per heavy atom. The molecule has 1 atom stereocenters. The van der Waals surface area contributed by atoms with Crippen molar-refractivity contribution in [3.8, 4) is 0 Å². The van der Waals surface area contributed by atoms with Crippen molar-refractivity contribution < 1.29 is 14.3 Å². The molecule has 0 bridgehead atoms. The molecule has 0 unspecified atom stereocenters. The summed E-state index contributed by atoms with van der Waals surface area (Å²) >= 11 is 0. The molecule has 1 aliphatic carbocycles. The normalized spacial score (nSPS) is 21.6. The van der Waals surface area contributed by atoms with Crippen molar-refractivity contribution >= 4 is 17.5 Å². The topological polar surface area (TPSA) is 70.7 Å². The van der Waals surface area contributed by atoms with Gasteiger partial charge in [-0.25, -0.2) is 0 Å². The van der Waals surface area contributed by atoms with Crippen LogP contribution in [0.5, 0.6) is 0 Å². The van der Waals surface area contributed by atoms with Crippen LogP contribution in [0.15, 0.2) is 24.3 Å². The van der Waals surface area contributed by atoms with E-state index in [1.807, 2.05) is 24.1 Å². The Bertz CT molecular complexity index is 608. The average Bonchev–Trinajstić information content (AvgIpc) is 2.68. The van der Waals surface area contributed by atoms with Crippen LogP contribution in [0.4, 0.5) is 5.69 Å². The van der Waals surface area contributed by atoms with E-state index in [0.29, 0.717) is 24.4 Å². The first kappa shape index (κ1) is 17.9. The van der Waals surface area contributed by atoms with E-state index in [1.165, 1.54) is 19.3 Å². The summed E-state index contributed by atoms with van der Waals surface area (Å²) < 4.78 is 5.49. The van der Waals surface area contributed by atoms with Crippen molar-refractivity contribution in [1.29, 1.82) is 0 Å². The molecule has 6 nitrogen and oxygen atoms in total. The first-order chi connectivity index (χ1) is 12.2. The van der Waals surface area contributed by atoms with E-state index in [4.69, 9.17) is 4.74 Å². The Hall–Kier alpha value is -1.92. The summed E-state index contributed by atoms with van der Waals surface area (Å²) in [7, 11) is 1.87. The van der Waals surface area contributed by atoms with Gasteiger partial charge in [0.15, 0.2) is 0 Å². The lowest BCUT2D eigenvalue weighted by atomic mass is 9.94. The minimum absolute atomic E-state index is 0.0366. The lowest BCUT2D eigenvalue weighted by Gasteiger charge is -2.31. The Balaban J connectivity index is 1.71. The fourth-order valence-electron chi connectivity index (χ4n) is 3.55. The third-order valence-electron chi connectivity index (χ3n) is 5.08. The molecule has 25 heavy (non-hydrogen) atoms. The Morgan fingerprint density at radius 2 is 1.96 bits per heavy atom. The van der Waals surface area contributed by atoms with Gasteiger partial charge in [-0.3, -0.25) is 9.59 Å². The number of amides is 2. The molecule has 1 saturated carbocycles. The number of hydrogen-bond donors (Lipinski definition) is 2. The molecule has 0 radical (unpaired) electrons. The van der Waals surface area contributed by atoms with Gasteiger partial charge in [-0.15, -0.1) is 0 Å². The van der Waals surface area contributed by atoms with E-state index in [1.54, 1.807) is 12.1 Å². The van der Waals surface area contributed by atoms with Crippen molar-refractivity contribution in [3.63, 3.8) is 0 Å². The molecule has 0 spiro atoms. The van der Waals surface area contributed by atoms with Crippen LogP contribution in [0, 0.1) is 0 Å². The number of carbonyl (C=O) groups is 2. The van der Waals surface area contributed by atoms with Crippen LogP contribution in [-0.2, 0) is 9.53 Å². The number of anilines is 1. The van der Waals surface area contributed by atoms with Crippen molar-refractivity contribution in [2.24, 2.45) is 0 Å². The smallest absolute Gasteiger partial charge is 0.255 e. The average molecular weight is 345 g/mol. The predicted molar refractivity (Wildman–Crippen MR) is 96.6 cm³/mol. The van der Waals surface area contributed by atoms with Crippen molar-refractivity contribution in [1.82, 2.24) is 10.2 Å². The fourth-order valence-corrected chi connectivity index (χ4v) is 3.55. The second-order valence-corrected chi connectivity index (χ2v) is 6.81. The summed E-state index contributed by atoms with van der Waals surface area (Å²) in [5, 5.41) is 6.01. The zero-order valence-electron chi connectivity index (χ0n) is 14.8. The number of ether oxygens (including phenoxy) is 1. The monoisotopic (exact) mass is 345 g/mol. The number of morpholine rings is 1. The van der Waals surface area contributed by atoms with Gasteiger partial charge in [0.25, 0.3) is 11.8 Å². The highest BCUT2D eigenvalue weighted by atomic mass is 16.5. The molecule has 2 N–H and O–H groups in total. The number of nitrogens with one attached hydrogen (secondary N) is 2. The lowest BCUT2D eigenvalue weighted by molar-refractivity contribution is -0.128. The van der Waals surface area contributed by atoms with Crippen LogP contribution in [0.3, 0.4) is 0 Å². The molecule has 1 heterocycles. The maximum Gasteiger partial charge on any atom is 0.255 e. The molecule has 2 amide bonds. The van der Waals surface area contributed by atoms with Crippen LogP contribution in [-0.4, -0.2) is 55.6 Å². The summed E-state index contributed by atoms with van der Waals surface area (Å²) in [6, 6.07) is 7.49. The summed E-state index contributed by atoms with van der Waals surface area (Å²) in [6.07, 6.45) is 5.18. The summed E-state index contributed by atoms with van der Waals surface area (Å²) in [5.41, 5.74) is 1.09. The molecule has 2 fully saturated rings. The van der Waals surface area contributed by atoms with Crippen LogP contribution in [0.1, 0.15) is 42.5 Å². The number of carbonyl (C=O) groups excluding carboxylic acids is 2. The van der Waals surface area contributed by atoms with Gasteiger partial charge >= 0.3 is 0 Å². The molecule has 0 aromatic heterocycles. The van der Waals surface area contributed by atoms with Gasteiger partial charge in [-0.1, -0.05) is 31.4 Å². The number of benzene rings is 1. The first-order valence-electron chi connectivity index (χ1n) is 9.16. The Kier molecular flexibility index (Phi) is 6.04. The van der Waals surface area contributed by atoms with E-state index in [2.05, 4.69) is 10.6 Å². The molecule has 3 rings (SSSR count). The largest absolute Gasteiger partial charge is 0.366 e. The standard InChI is InChI=1S/C19H27N3O3/c1-22(14-7-3-2-4-8-14)19(24)15-9-5-6-10-16(15)21-18(23)17-13-20-11-12-25-17/h5-6,9-10,14,17,20H,2-4,7-8,11-13H2,1H3,(H,21,23)/t17-/m1/s1. The van der Waals surface area contributed by atoms with E-state index in [-0.39, 0.29) is 17.9 Å². The highest BCUT2D eigenvalue weighted by molar-refractivity contribution is 6.04. The third-order valence-corrected chi connectivity index (χ3v) is 5.08. The quantitative estimate of drug-likeness (QED) is 0.876. The minimum atomic E-state index is -0.520. The zero-order chi connectivity index (χ0) is 17.6. The minimum Gasteiger partial charge on any atom is -0.366 e. The third kappa shape index (κ3) is 4.38. The van der Waals surface area contributed by atoms with Crippen LogP contribution in [0.2, 0.25) is 0 Å². The first-order valence-corrected chi connectivity index (χ1v) is 9.16. The van der Waals surface area contributed by atoms with Gasteiger partial charge in [-0.2, -0.15) is 0 Å². The van der Waals surface area contributed by atoms with Gasteiger partial charge in [-0.05, 0) is 25.0 Å². The SMILES string of the molecule is CN(C(=O)c1ccccc1NC(=O)[C@H]1CNCCO1)C1CCCCC1. The summed E-state index contributed by atoms with van der Waals surface area (Å²) in [5.74, 6) is -0.252. The maximum atomic E-state index is 13.0. The molecule has 1 aliphatic heterocycles. The summed E-state index contributed by atoms with van der Waals surface area (Å²) in [6.45, 7) is 1.76. The van der Waals surface area contributed by atoms with Crippen molar-refractivity contribution in [3.05, 3.63) is 29.8 Å². The maximum absolute atomic E-state index is 13.0. The number of hydrogen-bond acceptors (Lipinski definition) is 4. The van der Waals surface area contributed by atoms with Gasteiger partial charge in [0, 0.05) is 26.2 Å². The van der Waals surface area contributed by atoms with Gasteiger partial charge in [0.2, 0.25) is 0 Å². The second-order valence-electron chi connectivity index (χ2n) is 6.81. The molecule has 1 aromatic rings. The highest BCUT2D eigenvalue weighted by Crippen LogP contribution is 2.25. The number of rotatable bonds is 4. The van der Waals surface area contributed by atoms with Crippen LogP contribution >= 0.6 is 0 Å². The number of para-hydroxylation sites is 1. The fraction of sp³-hybridized carbons (Fsp3) is 0.579. The van der Waals surface area contributed by atoms with Crippen LogP contribution in [0.25, 0.3) is 0 Å². The van der Waals surface area contributed by atoms with Gasteiger partial charge in [0.1, 0.15) is 6.10 Å². The predicted octanol–water partition coefficient (Wildman–Crippen LogP) is 2.02. The van der Waals surface area contributed by atoms with E-state index >= 15 is 0 Å². The lowest BCUT2D eigenvalue weighted by Crippen LogP contribution is -2.45. The molecule has 136 valence electrons.